The van der Waals surface area contributed by atoms with E-state index < -0.39 is 11.9 Å². The first-order valence-corrected chi connectivity index (χ1v) is 8.89. The summed E-state index contributed by atoms with van der Waals surface area (Å²) in [6, 6.07) is 5.37. The van der Waals surface area contributed by atoms with E-state index >= 15 is 0 Å². The number of halogens is 4. The molecule has 0 aliphatic carbocycles. The molecule has 0 aliphatic rings. The number of aromatic amines is 1. The summed E-state index contributed by atoms with van der Waals surface area (Å²) < 4.78 is 40.8. The first-order valence-electron chi connectivity index (χ1n) is 8.51. The van der Waals surface area contributed by atoms with Gasteiger partial charge in [0.15, 0.2) is 11.3 Å². The summed E-state index contributed by atoms with van der Waals surface area (Å²) in [7, 11) is 0. The minimum absolute atomic E-state index is 0.0230. The number of anilines is 1. The molecule has 4 rings (SSSR count). The number of rotatable bonds is 3. The normalized spacial score (nSPS) is 12.1. The number of imidazole rings is 2. The maximum atomic E-state index is 13.0. The van der Waals surface area contributed by atoms with E-state index in [1.54, 1.807) is 23.6 Å². The van der Waals surface area contributed by atoms with Gasteiger partial charge in [0.05, 0.1) is 12.7 Å². The summed E-state index contributed by atoms with van der Waals surface area (Å²) in [5.74, 6) is 0.431. The molecule has 0 saturated carbocycles. The number of hydrogen-bond donors (Lipinski definition) is 2. The molecule has 7 nitrogen and oxygen atoms in total. The number of nitrogen functional groups attached to an aromatic ring is 1. The fourth-order valence-electron chi connectivity index (χ4n) is 3.21. The van der Waals surface area contributed by atoms with Gasteiger partial charge in [0, 0.05) is 11.3 Å². The minimum Gasteiger partial charge on any atom is -0.369 e. The van der Waals surface area contributed by atoms with E-state index in [-0.39, 0.29) is 22.8 Å². The summed E-state index contributed by atoms with van der Waals surface area (Å²) in [4.78, 5) is 18.7. The molecule has 0 radical (unpaired) electrons. The molecule has 0 unspecified atom stereocenters. The quantitative estimate of drug-likeness (QED) is 0.484. The summed E-state index contributed by atoms with van der Waals surface area (Å²) >= 11 is 5.87. The van der Waals surface area contributed by atoms with Crippen molar-refractivity contribution in [1.29, 1.82) is 0 Å². The Labute approximate surface area is 167 Å². The zero-order valence-corrected chi connectivity index (χ0v) is 16.1. The first-order chi connectivity index (χ1) is 13.6. The zero-order chi connectivity index (χ0) is 20.9. The van der Waals surface area contributed by atoms with Gasteiger partial charge in [-0.15, -0.1) is 0 Å². The Morgan fingerprint density at radius 3 is 2.59 bits per heavy atom. The second-order valence-electron chi connectivity index (χ2n) is 6.61. The highest BCUT2D eigenvalue weighted by molar-refractivity contribution is 6.28. The van der Waals surface area contributed by atoms with E-state index in [0.29, 0.717) is 23.3 Å². The van der Waals surface area contributed by atoms with Crippen LogP contribution in [0.4, 0.5) is 19.1 Å². The van der Waals surface area contributed by atoms with Crippen LogP contribution in [0.2, 0.25) is 5.28 Å². The Balaban J connectivity index is 1.69. The third kappa shape index (κ3) is 3.51. The van der Waals surface area contributed by atoms with Crippen LogP contribution in [0.3, 0.4) is 0 Å². The van der Waals surface area contributed by atoms with E-state index in [1.165, 1.54) is 13.1 Å². The van der Waals surface area contributed by atoms with E-state index in [1.807, 2.05) is 6.07 Å². The molecule has 3 N–H and O–H groups in total. The number of alkyl halides is 3. The number of aromatic nitrogens is 6. The van der Waals surface area contributed by atoms with Crippen LogP contribution in [0.1, 0.15) is 22.5 Å². The van der Waals surface area contributed by atoms with Crippen molar-refractivity contribution in [2.45, 2.75) is 26.6 Å². The molecule has 1 aromatic carbocycles. The van der Waals surface area contributed by atoms with Crippen LogP contribution in [-0.2, 0) is 12.7 Å². The molecule has 0 spiro atoms. The topological polar surface area (TPSA) is 98.3 Å². The van der Waals surface area contributed by atoms with Crippen LogP contribution in [0.15, 0.2) is 24.4 Å². The lowest BCUT2D eigenvalue weighted by Gasteiger charge is -2.09. The lowest BCUT2D eigenvalue weighted by atomic mass is 10.0. The second kappa shape index (κ2) is 6.73. The van der Waals surface area contributed by atoms with Crippen molar-refractivity contribution in [2.75, 3.05) is 5.73 Å². The highest BCUT2D eigenvalue weighted by atomic mass is 35.5. The molecular formula is C18H15ClF3N7. The van der Waals surface area contributed by atoms with E-state index in [4.69, 9.17) is 17.3 Å². The summed E-state index contributed by atoms with van der Waals surface area (Å²) in [5, 5.41) is 0.0823. The van der Waals surface area contributed by atoms with Gasteiger partial charge in [-0.25, -0.2) is 15.0 Å². The molecule has 3 heterocycles. The fraction of sp³-hybridized carbons (Fsp3) is 0.222. The number of H-pyrrole nitrogens is 1. The van der Waals surface area contributed by atoms with Crippen molar-refractivity contribution in [3.05, 3.63) is 52.2 Å². The highest BCUT2D eigenvalue weighted by Crippen LogP contribution is 2.33. The summed E-state index contributed by atoms with van der Waals surface area (Å²) in [5.41, 5.74) is 8.29. The molecule has 0 atom stereocenters. The van der Waals surface area contributed by atoms with Crippen LogP contribution in [0, 0.1) is 13.8 Å². The van der Waals surface area contributed by atoms with E-state index in [0.717, 1.165) is 11.1 Å². The van der Waals surface area contributed by atoms with Crippen LogP contribution in [-0.4, -0.2) is 29.5 Å². The Morgan fingerprint density at radius 2 is 1.93 bits per heavy atom. The smallest absolute Gasteiger partial charge is 0.369 e. The third-order valence-corrected chi connectivity index (χ3v) is 4.71. The van der Waals surface area contributed by atoms with Gasteiger partial charge in [-0.05, 0) is 36.6 Å². The van der Waals surface area contributed by atoms with Gasteiger partial charge >= 0.3 is 6.18 Å². The minimum atomic E-state index is -4.50. The molecule has 0 aliphatic heterocycles. The number of fused-ring (bicyclic) bond motifs is 1. The van der Waals surface area contributed by atoms with Crippen molar-refractivity contribution in [1.82, 2.24) is 29.5 Å². The number of aryl methyl sites for hydroxylation is 2. The number of hydrogen-bond acceptors (Lipinski definition) is 5. The van der Waals surface area contributed by atoms with Crippen molar-refractivity contribution in [2.24, 2.45) is 0 Å². The number of nitrogens with one attached hydrogen (secondary N) is 1. The zero-order valence-electron chi connectivity index (χ0n) is 15.3. The molecule has 0 bridgehead atoms. The third-order valence-electron chi connectivity index (χ3n) is 4.53. The van der Waals surface area contributed by atoms with Gasteiger partial charge in [0.1, 0.15) is 11.3 Å². The standard InChI is InChI=1S/C18H15ClF3N7/c1-8-5-10(7-29-15-12(26-17(29)23)6-24-16(19)28-15)3-4-11(8)14-25-9(2)13(27-14)18(20,21)22/h3-6H,7H2,1-2H3,(H2,23,26)(H,25,27). The maximum Gasteiger partial charge on any atom is 0.435 e. The molecule has 150 valence electrons. The summed E-state index contributed by atoms with van der Waals surface area (Å²) in [6.07, 6.45) is -3.01. The van der Waals surface area contributed by atoms with Gasteiger partial charge in [0.2, 0.25) is 11.2 Å². The maximum absolute atomic E-state index is 13.0. The second-order valence-corrected chi connectivity index (χ2v) is 6.95. The lowest BCUT2D eigenvalue weighted by Crippen LogP contribution is -2.07. The largest absolute Gasteiger partial charge is 0.435 e. The van der Waals surface area contributed by atoms with E-state index in [2.05, 4.69) is 24.9 Å². The summed E-state index contributed by atoms with van der Waals surface area (Å²) in [6.45, 7) is 3.52. The number of nitrogens with zero attached hydrogens (tertiary/aromatic N) is 5. The number of nitrogens with two attached hydrogens (primary N) is 1. The highest BCUT2D eigenvalue weighted by Gasteiger charge is 2.36. The fourth-order valence-corrected chi connectivity index (χ4v) is 3.34. The molecule has 11 heteroatoms. The predicted molar refractivity (Wildman–Crippen MR) is 102 cm³/mol. The first kappa shape index (κ1) is 19.2. The van der Waals surface area contributed by atoms with Crippen molar-refractivity contribution in [3.8, 4) is 11.4 Å². The average Bonchev–Trinajstić information content (AvgIpc) is 3.16. The van der Waals surface area contributed by atoms with Crippen molar-refractivity contribution in [3.63, 3.8) is 0 Å². The Kier molecular flexibility index (Phi) is 4.45. The molecule has 29 heavy (non-hydrogen) atoms. The van der Waals surface area contributed by atoms with Gasteiger partial charge < -0.3 is 10.7 Å². The lowest BCUT2D eigenvalue weighted by molar-refractivity contribution is -0.141. The van der Waals surface area contributed by atoms with Gasteiger partial charge in [-0.1, -0.05) is 18.2 Å². The predicted octanol–water partition coefficient (Wildman–Crippen LogP) is 4.14. The Bertz CT molecular complexity index is 1230. The van der Waals surface area contributed by atoms with Crippen LogP contribution >= 0.6 is 11.6 Å². The number of benzene rings is 1. The monoisotopic (exact) mass is 421 g/mol. The Morgan fingerprint density at radius 1 is 1.17 bits per heavy atom. The van der Waals surface area contributed by atoms with Crippen molar-refractivity contribution >= 4 is 28.7 Å². The SMILES string of the molecule is Cc1cc(Cn2c(N)nc3cnc(Cl)nc32)ccc1-c1nc(C(F)(F)F)c(C)[nH]1. The van der Waals surface area contributed by atoms with Crippen LogP contribution < -0.4 is 5.73 Å². The van der Waals surface area contributed by atoms with E-state index in [9.17, 15) is 13.2 Å². The van der Waals surface area contributed by atoms with Crippen LogP contribution in [0.5, 0.6) is 0 Å². The Hall–Kier alpha value is -3.14. The molecular weight excluding hydrogens is 407 g/mol. The van der Waals surface area contributed by atoms with Gasteiger partial charge in [-0.3, -0.25) is 4.57 Å². The molecule has 0 saturated heterocycles. The molecule has 0 amide bonds. The van der Waals surface area contributed by atoms with Gasteiger partial charge in [-0.2, -0.15) is 18.2 Å². The molecule has 0 fully saturated rings. The molecule has 4 aromatic rings. The van der Waals surface area contributed by atoms with Gasteiger partial charge in [0.25, 0.3) is 0 Å². The van der Waals surface area contributed by atoms with Crippen LogP contribution in [0.25, 0.3) is 22.6 Å². The average molecular weight is 422 g/mol. The van der Waals surface area contributed by atoms with Crippen molar-refractivity contribution < 1.29 is 13.2 Å². The molecule has 3 aromatic heterocycles.